The second kappa shape index (κ2) is 8.27. The van der Waals surface area contributed by atoms with E-state index in [0.29, 0.717) is 10.6 Å². The molecule has 11 heteroatoms. The zero-order chi connectivity index (χ0) is 21.0. The number of hydrogen-bond acceptors (Lipinski definition) is 7. The van der Waals surface area contributed by atoms with Crippen LogP contribution in [0.2, 0.25) is 0 Å². The van der Waals surface area contributed by atoms with Gasteiger partial charge in [-0.15, -0.1) is 11.3 Å². The van der Waals surface area contributed by atoms with Gasteiger partial charge in [0.15, 0.2) is 0 Å². The maximum atomic E-state index is 12.6. The smallest absolute Gasteiger partial charge is 0.277 e. The van der Waals surface area contributed by atoms with Crippen LogP contribution in [0.15, 0.2) is 60.0 Å². The molecular formula is C18H12N4O6S. The highest BCUT2D eigenvalue weighted by atomic mass is 32.1. The summed E-state index contributed by atoms with van der Waals surface area (Å²) in [5.41, 5.74) is -0.881. The lowest BCUT2D eigenvalue weighted by atomic mass is 10.1. The van der Waals surface area contributed by atoms with E-state index in [2.05, 4.69) is 10.6 Å². The fourth-order valence-electron chi connectivity index (χ4n) is 2.42. The third-order valence-corrected chi connectivity index (χ3v) is 4.62. The Bertz CT molecular complexity index is 1080. The second-order valence-electron chi connectivity index (χ2n) is 5.68. The number of para-hydroxylation sites is 2. The van der Waals surface area contributed by atoms with Gasteiger partial charge in [-0.1, -0.05) is 18.2 Å². The highest BCUT2D eigenvalue weighted by Crippen LogP contribution is 2.26. The van der Waals surface area contributed by atoms with Crippen LogP contribution in [0, 0.1) is 20.2 Å². The first-order chi connectivity index (χ1) is 13.8. The molecule has 2 N–H and O–H groups in total. The molecule has 29 heavy (non-hydrogen) atoms. The van der Waals surface area contributed by atoms with Gasteiger partial charge in [-0.2, -0.15) is 0 Å². The molecule has 0 unspecified atom stereocenters. The number of anilines is 2. The predicted octanol–water partition coefficient (Wildman–Crippen LogP) is 4.07. The molecule has 0 aliphatic carbocycles. The molecular weight excluding hydrogens is 400 g/mol. The van der Waals surface area contributed by atoms with E-state index in [4.69, 9.17) is 0 Å². The molecule has 0 atom stereocenters. The Morgan fingerprint density at radius 3 is 1.83 bits per heavy atom. The van der Waals surface area contributed by atoms with Crippen molar-refractivity contribution in [2.45, 2.75) is 0 Å². The SMILES string of the molecule is O=C(Nc1ccccc1NC(=O)c1cccs1)c1cc([N+](=O)[O-])cc([N+](=O)[O-])c1. The van der Waals surface area contributed by atoms with Crippen LogP contribution in [-0.2, 0) is 0 Å². The number of nitro benzene ring substituents is 2. The average molecular weight is 412 g/mol. The minimum atomic E-state index is -0.820. The predicted molar refractivity (Wildman–Crippen MR) is 106 cm³/mol. The molecule has 2 aromatic carbocycles. The molecule has 146 valence electrons. The number of non-ortho nitro benzene ring substituents is 2. The third kappa shape index (κ3) is 4.59. The minimum absolute atomic E-state index is 0.233. The fourth-order valence-corrected chi connectivity index (χ4v) is 3.04. The number of nitrogens with zero attached hydrogens (tertiary/aromatic N) is 2. The van der Waals surface area contributed by atoms with Crippen molar-refractivity contribution in [1.82, 2.24) is 0 Å². The normalized spacial score (nSPS) is 10.2. The van der Waals surface area contributed by atoms with Crippen LogP contribution in [0.25, 0.3) is 0 Å². The van der Waals surface area contributed by atoms with Crippen molar-refractivity contribution in [3.8, 4) is 0 Å². The minimum Gasteiger partial charge on any atom is -0.320 e. The number of amides is 2. The summed E-state index contributed by atoms with van der Waals surface area (Å²) in [6.07, 6.45) is 0. The Balaban J connectivity index is 1.87. The number of rotatable bonds is 6. The van der Waals surface area contributed by atoms with Gasteiger partial charge in [-0.05, 0) is 23.6 Å². The van der Waals surface area contributed by atoms with E-state index in [1.54, 1.807) is 35.7 Å². The highest BCUT2D eigenvalue weighted by molar-refractivity contribution is 7.12. The Hall–Kier alpha value is -4.12. The molecule has 0 saturated carbocycles. The van der Waals surface area contributed by atoms with E-state index in [9.17, 15) is 29.8 Å². The van der Waals surface area contributed by atoms with Crippen LogP contribution in [0.4, 0.5) is 22.7 Å². The molecule has 10 nitrogen and oxygen atoms in total. The molecule has 0 aliphatic heterocycles. The van der Waals surface area contributed by atoms with E-state index in [1.807, 2.05) is 0 Å². The number of thiophene rings is 1. The van der Waals surface area contributed by atoms with Crippen molar-refractivity contribution >= 4 is 45.9 Å². The summed E-state index contributed by atoms with van der Waals surface area (Å²) in [6.45, 7) is 0. The average Bonchev–Trinajstić information content (AvgIpc) is 3.24. The summed E-state index contributed by atoms with van der Waals surface area (Å²) in [4.78, 5) is 45.7. The Morgan fingerprint density at radius 2 is 1.34 bits per heavy atom. The maximum Gasteiger partial charge on any atom is 0.277 e. The van der Waals surface area contributed by atoms with Gasteiger partial charge in [-0.25, -0.2) is 0 Å². The lowest BCUT2D eigenvalue weighted by Gasteiger charge is -2.12. The number of benzene rings is 2. The number of carbonyl (C=O) groups excluding carboxylic acids is 2. The van der Waals surface area contributed by atoms with Gasteiger partial charge in [0.05, 0.1) is 37.7 Å². The molecule has 1 heterocycles. The summed E-state index contributed by atoms with van der Waals surface area (Å²) in [7, 11) is 0. The summed E-state index contributed by atoms with van der Waals surface area (Å²) < 4.78 is 0. The first-order valence-corrected chi connectivity index (χ1v) is 8.92. The van der Waals surface area contributed by atoms with E-state index >= 15 is 0 Å². The maximum absolute atomic E-state index is 12.6. The van der Waals surface area contributed by atoms with Gasteiger partial charge < -0.3 is 10.6 Å². The number of nitro groups is 2. The summed E-state index contributed by atoms with van der Waals surface area (Å²) in [5.74, 6) is -1.16. The monoisotopic (exact) mass is 412 g/mol. The van der Waals surface area contributed by atoms with Gasteiger partial charge >= 0.3 is 0 Å². The van der Waals surface area contributed by atoms with Crippen molar-refractivity contribution in [2.75, 3.05) is 10.6 Å². The standard InChI is InChI=1S/C18H12N4O6S/c23-17(11-8-12(21(25)26)10-13(9-11)22(27)28)19-14-4-1-2-5-15(14)20-18(24)16-6-3-7-29-16/h1-10H,(H,19,23)(H,20,24). The second-order valence-corrected chi connectivity index (χ2v) is 6.63. The summed E-state index contributed by atoms with van der Waals surface area (Å²) in [5, 5.41) is 28.9. The molecule has 3 aromatic rings. The molecule has 0 radical (unpaired) electrons. The first kappa shape index (κ1) is 19.6. The quantitative estimate of drug-likeness (QED) is 0.461. The zero-order valence-electron chi connectivity index (χ0n) is 14.5. The molecule has 2 amide bonds. The lowest BCUT2D eigenvalue weighted by molar-refractivity contribution is -0.394. The molecule has 3 rings (SSSR count). The number of nitrogens with one attached hydrogen (secondary N) is 2. The fraction of sp³-hybridized carbons (Fsp3) is 0. The van der Waals surface area contributed by atoms with Gasteiger partial charge in [0.25, 0.3) is 23.2 Å². The Morgan fingerprint density at radius 1 is 0.793 bits per heavy atom. The van der Waals surface area contributed by atoms with E-state index < -0.39 is 27.1 Å². The van der Waals surface area contributed by atoms with Crippen LogP contribution in [0.5, 0.6) is 0 Å². The van der Waals surface area contributed by atoms with Gasteiger partial charge in [-0.3, -0.25) is 29.8 Å². The third-order valence-electron chi connectivity index (χ3n) is 3.75. The summed E-state index contributed by atoms with van der Waals surface area (Å²) >= 11 is 1.25. The van der Waals surface area contributed by atoms with Crippen molar-refractivity contribution in [2.24, 2.45) is 0 Å². The molecule has 0 bridgehead atoms. The number of hydrogen-bond donors (Lipinski definition) is 2. The zero-order valence-corrected chi connectivity index (χ0v) is 15.3. The largest absolute Gasteiger partial charge is 0.320 e. The van der Waals surface area contributed by atoms with E-state index in [1.165, 1.54) is 17.4 Å². The Labute approximate surface area is 167 Å². The van der Waals surface area contributed by atoms with Gasteiger partial charge in [0.1, 0.15) is 0 Å². The summed E-state index contributed by atoms with van der Waals surface area (Å²) in [6, 6.07) is 12.4. The Kier molecular flexibility index (Phi) is 5.60. The topological polar surface area (TPSA) is 144 Å². The van der Waals surface area contributed by atoms with Gasteiger partial charge in [0, 0.05) is 12.1 Å². The molecule has 0 fully saturated rings. The molecule has 1 aromatic heterocycles. The molecule has 0 saturated heterocycles. The van der Waals surface area contributed by atoms with Crippen molar-refractivity contribution in [1.29, 1.82) is 0 Å². The highest BCUT2D eigenvalue weighted by Gasteiger charge is 2.20. The van der Waals surface area contributed by atoms with E-state index in [0.717, 1.165) is 18.2 Å². The van der Waals surface area contributed by atoms with E-state index in [-0.39, 0.29) is 17.2 Å². The van der Waals surface area contributed by atoms with Crippen molar-refractivity contribution in [3.63, 3.8) is 0 Å². The van der Waals surface area contributed by atoms with Crippen LogP contribution in [-0.4, -0.2) is 21.7 Å². The van der Waals surface area contributed by atoms with Gasteiger partial charge in [0.2, 0.25) is 0 Å². The number of carbonyl (C=O) groups is 2. The van der Waals surface area contributed by atoms with Crippen LogP contribution in [0.1, 0.15) is 20.0 Å². The first-order valence-electron chi connectivity index (χ1n) is 8.04. The van der Waals surface area contributed by atoms with Crippen molar-refractivity contribution in [3.05, 3.63) is 90.6 Å². The molecule has 0 aliphatic rings. The molecule has 0 spiro atoms. The van der Waals surface area contributed by atoms with Crippen LogP contribution >= 0.6 is 11.3 Å². The van der Waals surface area contributed by atoms with Crippen LogP contribution in [0.3, 0.4) is 0 Å². The van der Waals surface area contributed by atoms with Crippen LogP contribution < -0.4 is 10.6 Å². The lowest BCUT2D eigenvalue weighted by Crippen LogP contribution is -2.16. The van der Waals surface area contributed by atoms with Crippen molar-refractivity contribution < 1.29 is 19.4 Å².